The molecule has 0 N–H and O–H groups in total. The molecule has 1 saturated heterocycles. The summed E-state index contributed by atoms with van der Waals surface area (Å²) in [7, 11) is -10.3. The zero-order valence-corrected chi connectivity index (χ0v) is 22.6. The zero-order valence-electron chi connectivity index (χ0n) is 21.0. The molecular weight excluding hydrogens is 599 g/mol. The SMILES string of the molecule is O=S(=O)(OS1(c2ccc3cc(OCC4CCCCC4)ccc3c2)CCCC1)C(F)(F)C(F)(F)C(F)(F)C(F)(F)F. The van der Waals surface area contributed by atoms with Crippen LogP contribution in [-0.4, -0.2) is 49.8 Å². The first-order valence-corrected chi connectivity index (χ1v) is 15.9. The fraction of sp³-hybridized carbons (Fsp3) is 0.600. The number of ether oxygens (including phenoxy) is 1. The van der Waals surface area contributed by atoms with Gasteiger partial charge < -0.3 is 4.74 Å². The topological polar surface area (TPSA) is 52.6 Å². The van der Waals surface area contributed by atoms with Gasteiger partial charge in [0, 0.05) is 16.4 Å². The van der Waals surface area contributed by atoms with Crippen molar-refractivity contribution in [1.82, 2.24) is 0 Å². The van der Waals surface area contributed by atoms with E-state index in [1.807, 2.05) is 0 Å². The van der Waals surface area contributed by atoms with Crippen LogP contribution in [0.3, 0.4) is 0 Å². The van der Waals surface area contributed by atoms with E-state index in [-0.39, 0.29) is 29.2 Å². The number of halogens is 9. The Kier molecular flexibility index (Phi) is 8.36. The molecule has 40 heavy (non-hydrogen) atoms. The van der Waals surface area contributed by atoms with Crippen molar-refractivity contribution in [2.75, 3.05) is 18.1 Å². The van der Waals surface area contributed by atoms with Crippen LogP contribution in [-0.2, 0) is 13.7 Å². The molecule has 0 unspecified atom stereocenters. The Morgan fingerprint density at radius 3 is 1.93 bits per heavy atom. The van der Waals surface area contributed by atoms with Crippen LogP contribution in [0.25, 0.3) is 10.8 Å². The van der Waals surface area contributed by atoms with Crippen LogP contribution < -0.4 is 4.74 Å². The predicted molar refractivity (Wildman–Crippen MR) is 132 cm³/mol. The standard InChI is InChI=1S/C25H27F9O4S2/c26-22(27,24(30,31)32)23(28,29)25(33,34)40(35,36)38-39(12-4-5-13-39)21-11-9-18-14-20(10-8-19(18)15-21)37-16-17-6-2-1-3-7-17/h8-11,14-15,17H,1-7,12-13,16H2. The molecule has 2 aromatic rings. The third-order valence-corrected chi connectivity index (χ3v) is 12.9. The Bertz CT molecular complexity index is 1320. The van der Waals surface area contributed by atoms with Gasteiger partial charge in [-0.25, -0.2) is 3.63 Å². The van der Waals surface area contributed by atoms with Crippen LogP contribution in [0, 0.1) is 5.92 Å². The Hall–Kier alpha value is -1.87. The highest BCUT2D eigenvalue weighted by atomic mass is 32.3. The highest BCUT2D eigenvalue weighted by Gasteiger charge is 2.86. The second-order valence-corrected chi connectivity index (χ2v) is 15.0. The first kappa shape index (κ1) is 31.1. The van der Waals surface area contributed by atoms with E-state index in [1.54, 1.807) is 18.2 Å². The molecule has 15 heteroatoms. The fourth-order valence-electron chi connectivity index (χ4n) is 4.94. The van der Waals surface area contributed by atoms with Gasteiger partial charge in [0.15, 0.2) is 0 Å². The van der Waals surface area contributed by atoms with E-state index in [0.717, 1.165) is 25.7 Å². The van der Waals surface area contributed by atoms with Crippen LogP contribution in [0.15, 0.2) is 41.3 Å². The number of alkyl halides is 9. The van der Waals surface area contributed by atoms with Crippen LogP contribution in [0.2, 0.25) is 0 Å². The van der Waals surface area contributed by atoms with Gasteiger partial charge in [0.25, 0.3) is 0 Å². The lowest BCUT2D eigenvalue weighted by Gasteiger charge is -2.38. The largest absolute Gasteiger partial charge is 0.493 e. The van der Waals surface area contributed by atoms with E-state index >= 15 is 0 Å². The van der Waals surface area contributed by atoms with Crippen LogP contribution >= 0.6 is 10.3 Å². The van der Waals surface area contributed by atoms with E-state index in [2.05, 4.69) is 3.63 Å². The monoisotopic (exact) mass is 626 g/mol. The predicted octanol–water partition coefficient (Wildman–Crippen LogP) is 8.44. The molecule has 2 fully saturated rings. The molecule has 0 atom stereocenters. The van der Waals surface area contributed by atoms with Crippen molar-refractivity contribution < 1.29 is 56.3 Å². The lowest BCUT2D eigenvalue weighted by molar-refractivity contribution is -0.382. The maximum absolute atomic E-state index is 14.4. The Morgan fingerprint density at radius 1 is 0.750 bits per heavy atom. The van der Waals surface area contributed by atoms with Gasteiger partial charge in [-0.3, -0.25) is 0 Å². The first-order valence-electron chi connectivity index (χ1n) is 12.5. The molecule has 1 heterocycles. The van der Waals surface area contributed by atoms with E-state index in [0.29, 0.717) is 29.0 Å². The highest BCUT2D eigenvalue weighted by Crippen LogP contribution is 2.65. The molecule has 1 aliphatic carbocycles. The average molecular weight is 627 g/mol. The summed E-state index contributed by atoms with van der Waals surface area (Å²) in [5.74, 6) is -14.1. The van der Waals surface area contributed by atoms with Crippen molar-refractivity contribution in [1.29, 1.82) is 0 Å². The van der Waals surface area contributed by atoms with Gasteiger partial charge in [0.2, 0.25) is 0 Å². The molecule has 2 aromatic carbocycles. The molecule has 0 radical (unpaired) electrons. The van der Waals surface area contributed by atoms with Crippen molar-refractivity contribution >= 4 is 31.2 Å². The molecule has 0 spiro atoms. The number of rotatable bonds is 9. The Balaban J connectivity index is 1.61. The van der Waals surface area contributed by atoms with E-state index < -0.39 is 43.7 Å². The lowest BCUT2D eigenvalue weighted by Crippen LogP contribution is -2.63. The molecule has 4 nitrogen and oxygen atoms in total. The van der Waals surface area contributed by atoms with Gasteiger partial charge in [-0.1, -0.05) is 41.7 Å². The molecular formula is C25H27F9O4S2. The minimum absolute atomic E-state index is 0.0543. The number of hydrogen-bond acceptors (Lipinski definition) is 4. The summed E-state index contributed by atoms with van der Waals surface area (Å²) in [5.41, 5.74) is 0. The molecule has 1 saturated carbocycles. The molecule has 0 amide bonds. The van der Waals surface area contributed by atoms with Crippen molar-refractivity contribution in [3.63, 3.8) is 0 Å². The van der Waals surface area contributed by atoms with Gasteiger partial charge >= 0.3 is 33.4 Å². The van der Waals surface area contributed by atoms with Crippen LogP contribution in [0.5, 0.6) is 5.75 Å². The molecule has 0 aromatic heterocycles. The van der Waals surface area contributed by atoms with Crippen molar-refractivity contribution in [2.24, 2.45) is 5.92 Å². The fourth-order valence-corrected chi connectivity index (χ4v) is 10.6. The van der Waals surface area contributed by atoms with E-state index in [4.69, 9.17) is 4.74 Å². The summed E-state index contributed by atoms with van der Waals surface area (Å²) in [5, 5.41) is -5.76. The molecule has 2 aliphatic rings. The van der Waals surface area contributed by atoms with E-state index in [9.17, 15) is 47.9 Å². The number of hydrogen-bond donors (Lipinski definition) is 0. The third-order valence-electron chi connectivity index (χ3n) is 7.27. The summed E-state index contributed by atoms with van der Waals surface area (Å²) in [6, 6.07) is 9.27. The smallest absolute Gasteiger partial charge is 0.460 e. The maximum Gasteiger partial charge on any atom is 0.460 e. The molecule has 1 aliphatic heterocycles. The summed E-state index contributed by atoms with van der Waals surface area (Å²) >= 11 is 0. The van der Waals surface area contributed by atoms with Crippen molar-refractivity contribution in [2.45, 2.75) is 73.1 Å². The summed E-state index contributed by atoms with van der Waals surface area (Å²) < 4.78 is 156. The lowest BCUT2D eigenvalue weighted by atomic mass is 9.90. The van der Waals surface area contributed by atoms with Crippen LogP contribution in [0.1, 0.15) is 44.9 Å². The quantitative estimate of drug-likeness (QED) is 0.262. The summed E-state index contributed by atoms with van der Waals surface area (Å²) in [6.45, 7) is 0.536. The molecule has 226 valence electrons. The average Bonchev–Trinajstić information content (AvgIpc) is 3.35. The maximum atomic E-state index is 14.4. The van der Waals surface area contributed by atoms with E-state index in [1.165, 1.54) is 24.6 Å². The molecule has 4 rings (SSSR count). The minimum Gasteiger partial charge on any atom is -0.493 e. The Labute approximate surface area is 226 Å². The van der Waals surface area contributed by atoms with Gasteiger partial charge in [-0.05, 0) is 66.6 Å². The summed E-state index contributed by atoms with van der Waals surface area (Å²) in [6.07, 6.45) is -1.05. The van der Waals surface area contributed by atoms with Gasteiger partial charge in [-0.15, -0.1) is 0 Å². The zero-order chi connectivity index (χ0) is 29.6. The number of benzene rings is 2. The second-order valence-electron chi connectivity index (χ2n) is 10.1. The molecule has 0 bridgehead atoms. The van der Waals surface area contributed by atoms with Gasteiger partial charge in [0.05, 0.1) is 6.61 Å². The van der Waals surface area contributed by atoms with Gasteiger partial charge in [0.1, 0.15) is 5.75 Å². The second kappa shape index (κ2) is 10.8. The first-order chi connectivity index (χ1) is 18.4. The number of fused-ring (bicyclic) bond motifs is 1. The Morgan fingerprint density at radius 2 is 1.32 bits per heavy atom. The van der Waals surface area contributed by atoms with Crippen molar-refractivity contribution in [3.8, 4) is 5.75 Å². The third kappa shape index (κ3) is 5.49. The minimum atomic E-state index is -7.35. The van der Waals surface area contributed by atoms with Gasteiger partial charge in [-0.2, -0.15) is 47.9 Å². The summed E-state index contributed by atoms with van der Waals surface area (Å²) in [4.78, 5) is 0.0543. The van der Waals surface area contributed by atoms with Crippen molar-refractivity contribution in [3.05, 3.63) is 36.4 Å². The normalized spacial score (nSPS) is 20.5. The van der Waals surface area contributed by atoms with Crippen LogP contribution in [0.4, 0.5) is 39.5 Å². The highest BCUT2D eigenvalue weighted by molar-refractivity contribution is 8.33.